The Morgan fingerprint density at radius 3 is 2.56 bits per heavy atom. The van der Waals surface area contributed by atoms with Crippen LogP contribution in [0.25, 0.3) is 0 Å². The molecular formula is C11H19N5O2. The Labute approximate surface area is 106 Å². The van der Waals surface area contributed by atoms with Crippen LogP contribution in [0.3, 0.4) is 0 Å². The summed E-state index contributed by atoms with van der Waals surface area (Å²) in [4.78, 5) is 24.7. The van der Waals surface area contributed by atoms with Crippen LogP contribution in [0.2, 0.25) is 0 Å². The van der Waals surface area contributed by atoms with E-state index >= 15 is 0 Å². The normalized spacial score (nSPS) is 10.7. The third kappa shape index (κ3) is 2.79. The second-order valence-corrected chi connectivity index (χ2v) is 4.26. The summed E-state index contributed by atoms with van der Waals surface area (Å²) in [5.41, 5.74) is 11.5. The largest absolute Gasteiger partial charge is 0.396 e. The van der Waals surface area contributed by atoms with Gasteiger partial charge < -0.3 is 16.4 Å². The number of carbonyl (C=O) groups excluding carboxylic acids is 2. The van der Waals surface area contributed by atoms with Gasteiger partial charge in [0.1, 0.15) is 5.69 Å². The van der Waals surface area contributed by atoms with Gasteiger partial charge in [0, 0.05) is 12.6 Å². The number of nitrogens with two attached hydrogens (primary N) is 2. The van der Waals surface area contributed by atoms with Crippen LogP contribution in [-0.2, 0) is 11.3 Å². The number of amides is 2. The van der Waals surface area contributed by atoms with Crippen molar-refractivity contribution in [2.45, 2.75) is 33.4 Å². The number of aromatic nitrogens is 2. The molecular weight excluding hydrogens is 234 g/mol. The summed E-state index contributed by atoms with van der Waals surface area (Å²) in [6.07, 6.45) is 1.43. The van der Waals surface area contributed by atoms with Crippen molar-refractivity contribution in [1.82, 2.24) is 14.7 Å². The third-order valence-electron chi connectivity index (χ3n) is 2.58. The van der Waals surface area contributed by atoms with Crippen LogP contribution in [0, 0.1) is 0 Å². The van der Waals surface area contributed by atoms with Gasteiger partial charge in [0.2, 0.25) is 5.91 Å². The first-order valence-corrected chi connectivity index (χ1v) is 5.79. The SMILES string of the molecule is CCn1ncc(N)c1C(=O)N(CC(N)=O)C(C)C. The van der Waals surface area contributed by atoms with E-state index in [4.69, 9.17) is 11.5 Å². The van der Waals surface area contributed by atoms with Gasteiger partial charge in [0.25, 0.3) is 5.91 Å². The monoisotopic (exact) mass is 253 g/mol. The van der Waals surface area contributed by atoms with Gasteiger partial charge in [-0.1, -0.05) is 0 Å². The third-order valence-corrected chi connectivity index (χ3v) is 2.58. The molecule has 0 aliphatic rings. The summed E-state index contributed by atoms with van der Waals surface area (Å²) in [7, 11) is 0. The maximum absolute atomic E-state index is 12.4. The van der Waals surface area contributed by atoms with Gasteiger partial charge in [-0.25, -0.2) is 0 Å². The number of hydrogen-bond donors (Lipinski definition) is 2. The van der Waals surface area contributed by atoms with Crippen molar-refractivity contribution in [3.05, 3.63) is 11.9 Å². The first-order valence-electron chi connectivity index (χ1n) is 5.79. The van der Waals surface area contributed by atoms with Gasteiger partial charge in [0.05, 0.1) is 18.4 Å². The molecule has 2 amide bonds. The quantitative estimate of drug-likeness (QED) is 0.759. The van der Waals surface area contributed by atoms with Gasteiger partial charge in [0.15, 0.2) is 0 Å². The van der Waals surface area contributed by atoms with Crippen LogP contribution in [-0.4, -0.2) is 39.1 Å². The molecule has 7 heteroatoms. The molecule has 0 aliphatic carbocycles. The Hall–Kier alpha value is -2.05. The summed E-state index contributed by atoms with van der Waals surface area (Å²) < 4.78 is 1.51. The molecule has 0 fully saturated rings. The summed E-state index contributed by atoms with van der Waals surface area (Å²) in [5, 5.41) is 4.00. The average molecular weight is 253 g/mol. The van der Waals surface area contributed by atoms with E-state index in [-0.39, 0.29) is 18.5 Å². The minimum atomic E-state index is -0.557. The van der Waals surface area contributed by atoms with Gasteiger partial charge >= 0.3 is 0 Å². The van der Waals surface area contributed by atoms with E-state index in [1.807, 2.05) is 20.8 Å². The van der Waals surface area contributed by atoms with Crippen molar-refractivity contribution in [2.24, 2.45) is 5.73 Å². The summed E-state index contributed by atoms with van der Waals surface area (Å²) in [6.45, 7) is 5.87. The Bertz CT molecular complexity index is 452. The molecule has 1 heterocycles. The van der Waals surface area contributed by atoms with Crippen LogP contribution >= 0.6 is 0 Å². The highest BCUT2D eigenvalue weighted by Crippen LogP contribution is 2.15. The van der Waals surface area contributed by atoms with Crippen molar-refractivity contribution in [3.8, 4) is 0 Å². The fourth-order valence-electron chi connectivity index (χ4n) is 1.67. The highest BCUT2D eigenvalue weighted by molar-refractivity contribution is 5.99. The molecule has 0 unspecified atom stereocenters. The zero-order valence-electron chi connectivity index (χ0n) is 10.9. The summed E-state index contributed by atoms with van der Waals surface area (Å²) >= 11 is 0. The summed E-state index contributed by atoms with van der Waals surface area (Å²) in [5.74, 6) is -0.890. The number of nitrogens with zero attached hydrogens (tertiary/aromatic N) is 3. The van der Waals surface area contributed by atoms with Crippen LogP contribution in [0.5, 0.6) is 0 Å². The molecule has 4 N–H and O–H groups in total. The molecule has 0 bridgehead atoms. The number of carbonyl (C=O) groups is 2. The second kappa shape index (κ2) is 5.52. The fraction of sp³-hybridized carbons (Fsp3) is 0.545. The van der Waals surface area contributed by atoms with Gasteiger partial charge in [-0.3, -0.25) is 14.3 Å². The lowest BCUT2D eigenvalue weighted by atomic mass is 10.2. The van der Waals surface area contributed by atoms with E-state index in [1.54, 1.807) is 0 Å². The number of aryl methyl sites for hydroxylation is 1. The molecule has 0 atom stereocenters. The number of anilines is 1. The van der Waals surface area contributed by atoms with Gasteiger partial charge in [-0.15, -0.1) is 0 Å². The number of rotatable bonds is 5. The predicted molar refractivity (Wildman–Crippen MR) is 67.7 cm³/mol. The van der Waals surface area contributed by atoms with Crippen molar-refractivity contribution in [2.75, 3.05) is 12.3 Å². The standard InChI is InChI=1S/C11H19N5O2/c1-4-16-10(8(12)5-14-16)11(18)15(7(2)3)6-9(13)17/h5,7H,4,6,12H2,1-3H3,(H2,13,17). The Morgan fingerprint density at radius 2 is 2.11 bits per heavy atom. The minimum Gasteiger partial charge on any atom is -0.396 e. The lowest BCUT2D eigenvalue weighted by Crippen LogP contribution is -2.43. The fourth-order valence-corrected chi connectivity index (χ4v) is 1.67. The van der Waals surface area contributed by atoms with Gasteiger partial charge in [-0.2, -0.15) is 5.10 Å². The zero-order chi connectivity index (χ0) is 13.9. The van der Waals surface area contributed by atoms with Crippen molar-refractivity contribution in [3.63, 3.8) is 0 Å². The maximum Gasteiger partial charge on any atom is 0.274 e. The minimum absolute atomic E-state index is 0.134. The predicted octanol–water partition coefficient (Wildman–Crippen LogP) is -0.179. The molecule has 0 aromatic carbocycles. The Morgan fingerprint density at radius 1 is 1.50 bits per heavy atom. The Kier molecular flexibility index (Phi) is 4.30. The second-order valence-electron chi connectivity index (χ2n) is 4.26. The molecule has 0 radical (unpaired) electrons. The highest BCUT2D eigenvalue weighted by Gasteiger charge is 2.25. The first-order chi connectivity index (χ1) is 8.38. The Balaban J connectivity index is 3.09. The molecule has 1 aromatic rings. The highest BCUT2D eigenvalue weighted by atomic mass is 16.2. The van der Waals surface area contributed by atoms with E-state index in [2.05, 4.69) is 5.10 Å². The molecule has 1 aromatic heterocycles. The van der Waals surface area contributed by atoms with Crippen molar-refractivity contribution in [1.29, 1.82) is 0 Å². The molecule has 18 heavy (non-hydrogen) atoms. The van der Waals surface area contributed by atoms with Crippen LogP contribution < -0.4 is 11.5 Å². The van der Waals surface area contributed by atoms with Crippen LogP contribution in [0.1, 0.15) is 31.3 Å². The smallest absolute Gasteiger partial charge is 0.274 e. The topological polar surface area (TPSA) is 107 Å². The molecule has 0 spiro atoms. The van der Waals surface area contributed by atoms with E-state index in [9.17, 15) is 9.59 Å². The molecule has 100 valence electrons. The zero-order valence-corrected chi connectivity index (χ0v) is 10.9. The van der Waals surface area contributed by atoms with E-state index in [1.165, 1.54) is 15.8 Å². The van der Waals surface area contributed by atoms with Crippen LogP contribution in [0.15, 0.2) is 6.20 Å². The molecule has 7 nitrogen and oxygen atoms in total. The lowest BCUT2D eigenvalue weighted by Gasteiger charge is -2.25. The first kappa shape index (κ1) is 14.0. The molecule has 0 saturated carbocycles. The maximum atomic E-state index is 12.4. The average Bonchev–Trinajstić information content (AvgIpc) is 2.65. The van der Waals surface area contributed by atoms with E-state index in [0.717, 1.165) is 0 Å². The van der Waals surface area contributed by atoms with Crippen molar-refractivity contribution < 1.29 is 9.59 Å². The number of hydrogen-bond acceptors (Lipinski definition) is 4. The molecule has 1 rings (SSSR count). The molecule has 0 saturated heterocycles. The van der Waals surface area contributed by atoms with Crippen LogP contribution in [0.4, 0.5) is 5.69 Å². The number of nitrogen functional groups attached to an aromatic ring is 1. The summed E-state index contributed by atoms with van der Waals surface area (Å²) in [6, 6.07) is -0.149. The van der Waals surface area contributed by atoms with Gasteiger partial charge in [-0.05, 0) is 20.8 Å². The van der Waals surface area contributed by atoms with E-state index < -0.39 is 5.91 Å². The number of primary amides is 1. The van der Waals surface area contributed by atoms with Crippen molar-refractivity contribution >= 4 is 17.5 Å². The molecule has 0 aliphatic heterocycles. The van der Waals surface area contributed by atoms with E-state index in [0.29, 0.717) is 17.9 Å². The lowest BCUT2D eigenvalue weighted by molar-refractivity contribution is -0.119.